The molecule has 1 heterocycles. The summed E-state index contributed by atoms with van der Waals surface area (Å²) in [4.78, 5) is 8.98. The van der Waals surface area contributed by atoms with Crippen molar-refractivity contribution in [3.63, 3.8) is 0 Å². The number of nitrogens with one attached hydrogen (secondary N) is 1. The first-order valence-electron chi connectivity index (χ1n) is 6.79. The predicted molar refractivity (Wildman–Crippen MR) is 89.1 cm³/mol. The summed E-state index contributed by atoms with van der Waals surface area (Å²) in [5.41, 5.74) is 0. The number of nitrogens with zero attached hydrogens (tertiary/aromatic N) is 2. The smallest absolute Gasteiger partial charge is 0.134 e. The van der Waals surface area contributed by atoms with Gasteiger partial charge in [0, 0.05) is 23.3 Å². The van der Waals surface area contributed by atoms with Gasteiger partial charge < -0.3 is 5.32 Å². The maximum atomic E-state index is 4.58. The van der Waals surface area contributed by atoms with Crippen LogP contribution in [-0.4, -0.2) is 27.5 Å². The van der Waals surface area contributed by atoms with Gasteiger partial charge in [-0.1, -0.05) is 27.7 Å². The van der Waals surface area contributed by atoms with Crippen LogP contribution >= 0.6 is 27.7 Å². The molecule has 0 aliphatic heterocycles. The van der Waals surface area contributed by atoms with Gasteiger partial charge in [-0.05, 0) is 35.0 Å². The molecule has 1 N–H and O–H groups in total. The summed E-state index contributed by atoms with van der Waals surface area (Å²) < 4.78 is 1.13. The Morgan fingerprint density at radius 2 is 1.95 bits per heavy atom. The molecule has 1 aromatic heterocycles. The molecular formula is C14H24BrN3S. The zero-order valence-corrected chi connectivity index (χ0v) is 14.9. The number of rotatable bonds is 7. The minimum atomic E-state index is 0.287. The van der Waals surface area contributed by atoms with E-state index in [-0.39, 0.29) is 4.75 Å². The third-order valence-corrected chi connectivity index (χ3v) is 5.54. The van der Waals surface area contributed by atoms with E-state index in [1.54, 1.807) is 0 Å². The molecule has 0 saturated heterocycles. The number of halogens is 1. The van der Waals surface area contributed by atoms with Gasteiger partial charge in [-0.3, -0.25) is 0 Å². The van der Waals surface area contributed by atoms with Gasteiger partial charge in [0.25, 0.3) is 0 Å². The summed E-state index contributed by atoms with van der Waals surface area (Å²) >= 11 is 5.39. The van der Waals surface area contributed by atoms with Gasteiger partial charge in [-0.15, -0.1) is 0 Å². The lowest BCUT2D eigenvalue weighted by molar-refractivity contribution is 0.573. The van der Waals surface area contributed by atoms with E-state index in [1.165, 1.54) is 0 Å². The zero-order chi connectivity index (χ0) is 14.5. The van der Waals surface area contributed by atoms with Crippen LogP contribution in [-0.2, 0) is 0 Å². The van der Waals surface area contributed by atoms with Crippen LogP contribution in [0.25, 0.3) is 0 Å². The molecule has 0 radical (unpaired) electrons. The van der Waals surface area contributed by atoms with Crippen molar-refractivity contribution in [1.29, 1.82) is 0 Å². The van der Waals surface area contributed by atoms with Gasteiger partial charge in [-0.2, -0.15) is 11.8 Å². The normalized spacial score (nSPS) is 11.9. The third kappa shape index (κ3) is 4.63. The molecule has 0 unspecified atom stereocenters. The standard InChI is InChI=1S/C14H24BrN3S/c1-6-14(7-2,19-5)9-16-12-8-11(15)17-13(18-12)10(3)4/h8,10H,6-7,9H2,1-5H3,(H,16,17,18). The minimum Gasteiger partial charge on any atom is -0.369 e. The van der Waals surface area contributed by atoms with Crippen LogP contribution in [0.5, 0.6) is 0 Å². The van der Waals surface area contributed by atoms with E-state index in [9.17, 15) is 0 Å². The maximum absolute atomic E-state index is 4.58. The second kappa shape index (κ2) is 7.48. The number of thioether (sulfide) groups is 1. The van der Waals surface area contributed by atoms with E-state index in [0.717, 1.165) is 35.6 Å². The first kappa shape index (κ1) is 16.8. The molecule has 0 aromatic carbocycles. The van der Waals surface area contributed by atoms with Crippen molar-refractivity contribution in [2.24, 2.45) is 0 Å². The van der Waals surface area contributed by atoms with E-state index >= 15 is 0 Å². The van der Waals surface area contributed by atoms with Gasteiger partial charge in [-0.25, -0.2) is 9.97 Å². The van der Waals surface area contributed by atoms with Gasteiger partial charge in [0.05, 0.1) is 0 Å². The average molecular weight is 346 g/mol. The van der Waals surface area contributed by atoms with Crippen LogP contribution in [0, 0.1) is 0 Å². The second-order valence-corrected chi connectivity index (χ2v) is 7.12. The van der Waals surface area contributed by atoms with E-state index in [2.05, 4.69) is 65.2 Å². The summed E-state index contributed by atoms with van der Waals surface area (Å²) in [5, 5.41) is 3.47. The largest absolute Gasteiger partial charge is 0.369 e. The topological polar surface area (TPSA) is 37.8 Å². The number of aromatic nitrogens is 2. The van der Waals surface area contributed by atoms with Crippen LogP contribution in [0.2, 0.25) is 0 Å². The van der Waals surface area contributed by atoms with Gasteiger partial charge in [0.2, 0.25) is 0 Å². The Bertz CT molecular complexity index is 397. The first-order valence-corrected chi connectivity index (χ1v) is 8.81. The lowest BCUT2D eigenvalue weighted by Crippen LogP contribution is -2.32. The fraction of sp³-hybridized carbons (Fsp3) is 0.714. The fourth-order valence-electron chi connectivity index (χ4n) is 1.90. The molecule has 0 fully saturated rings. The molecule has 108 valence electrons. The van der Waals surface area contributed by atoms with Crippen molar-refractivity contribution in [3.05, 3.63) is 16.5 Å². The first-order chi connectivity index (χ1) is 8.96. The van der Waals surface area contributed by atoms with Crippen molar-refractivity contribution in [2.75, 3.05) is 18.1 Å². The lowest BCUT2D eigenvalue weighted by Gasteiger charge is -2.30. The Labute approximate surface area is 129 Å². The van der Waals surface area contributed by atoms with E-state index in [4.69, 9.17) is 0 Å². The molecule has 1 rings (SSSR count). The summed E-state index contributed by atoms with van der Waals surface area (Å²) in [6, 6.07) is 1.95. The maximum Gasteiger partial charge on any atom is 0.134 e. The highest BCUT2D eigenvalue weighted by Gasteiger charge is 2.24. The summed E-state index contributed by atoms with van der Waals surface area (Å²) in [6.45, 7) is 9.64. The monoisotopic (exact) mass is 345 g/mol. The summed E-state index contributed by atoms with van der Waals surface area (Å²) in [7, 11) is 0. The Morgan fingerprint density at radius 3 is 2.42 bits per heavy atom. The predicted octanol–water partition coefficient (Wildman–Crippen LogP) is 4.70. The molecule has 0 amide bonds. The molecule has 0 spiro atoms. The fourth-order valence-corrected chi connectivity index (χ4v) is 3.09. The number of hydrogen-bond donors (Lipinski definition) is 1. The van der Waals surface area contributed by atoms with Crippen LogP contribution in [0.3, 0.4) is 0 Å². The quantitative estimate of drug-likeness (QED) is 0.727. The highest BCUT2D eigenvalue weighted by molar-refractivity contribution is 9.10. The third-order valence-electron chi connectivity index (χ3n) is 3.54. The lowest BCUT2D eigenvalue weighted by atomic mass is 10.0. The summed E-state index contributed by atoms with van der Waals surface area (Å²) in [5.74, 6) is 2.12. The van der Waals surface area contributed by atoms with Crippen molar-refractivity contribution in [3.8, 4) is 0 Å². The summed E-state index contributed by atoms with van der Waals surface area (Å²) in [6.07, 6.45) is 4.49. The van der Waals surface area contributed by atoms with Gasteiger partial charge >= 0.3 is 0 Å². The molecular weight excluding hydrogens is 322 g/mol. The Hall–Kier alpha value is -0.290. The zero-order valence-electron chi connectivity index (χ0n) is 12.5. The molecule has 0 atom stereocenters. The minimum absolute atomic E-state index is 0.287. The highest BCUT2D eigenvalue weighted by Crippen LogP contribution is 2.30. The molecule has 1 aromatic rings. The Morgan fingerprint density at radius 1 is 1.32 bits per heavy atom. The van der Waals surface area contributed by atoms with E-state index in [1.807, 2.05) is 17.8 Å². The molecule has 0 aliphatic rings. The molecule has 0 aliphatic carbocycles. The van der Waals surface area contributed by atoms with Crippen LogP contribution in [0.1, 0.15) is 52.3 Å². The molecule has 3 nitrogen and oxygen atoms in total. The number of hydrogen-bond acceptors (Lipinski definition) is 4. The Kier molecular flexibility index (Phi) is 6.60. The van der Waals surface area contributed by atoms with Crippen molar-refractivity contribution < 1.29 is 0 Å². The van der Waals surface area contributed by atoms with Crippen molar-refractivity contribution in [2.45, 2.75) is 51.2 Å². The van der Waals surface area contributed by atoms with E-state index < -0.39 is 0 Å². The molecule has 0 saturated carbocycles. The SMILES string of the molecule is CCC(CC)(CNc1cc(Br)nc(C(C)C)n1)SC. The van der Waals surface area contributed by atoms with Crippen molar-refractivity contribution >= 4 is 33.5 Å². The second-order valence-electron chi connectivity index (χ2n) is 5.04. The Balaban J connectivity index is 2.82. The van der Waals surface area contributed by atoms with Gasteiger partial charge in [0.15, 0.2) is 0 Å². The molecule has 5 heteroatoms. The van der Waals surface area contributed by atoms with Crippen LogP contribution < -0.4 is 5.32 Å². The van der Waals surface area contributed by atoms with Crippen LogP contribution in [0.15, 0.2) is 10.7 Å². The van der Waals surface area contributed by atoms with E-state index in [0.29, 0.717) is 5.92 Å². The van der Waals surface area contributed by atoms with Gasteiger partial charge in [0.1, 0.15) is 16.2 Å². The highest BCUT2D eigenvalue weighted by atomic mass is 79.9. The molecule has 19 heavy (non-hydrogen) atoms. The van der Waals surface area contributed by atoms with Crippen molar-refractivity contribution in [1.82, 2.24) is 9.97 Å². The average Bonchev–Trinajstić information content (AvgIpc) is 2.40. The number of anilines is 1. The molecule has 0 bridgehead atoms. The van der Waals surface area contributed by atoms with Crippen LogP contribution in [0.4, 0.5) is 5.82 Å².